The Morgan fingerprint density at radius 1 is 1.06 bits per heavy atom. The van der Waals surface area contributed by atoms with E-state index in [1.165, 1.54) is 31.0 Å². The molecule has 1 aliphatic heterocycles. The molecule has 176 valence electrons. The van der Waals surface area contributed by atoms with Crippen molar-refractivity contribution in [1.82, 2.24) is 29.6 Å². The Bertz CT molecular complexity index is 1330. The molecular formula is C25H28N6O2S. The van der Waals surface area contributed by atoms with Crippen LogP contribution in [0.1, 0.15) is 43.9 Å². The summed E-state index contributed by atoms with van der Waals surface area (Å²) in [6.45, 7) is 4.34. The Balaban J connectivity index is 1.47. The number of aromatic amines is 1. The van der Waals surface area contributed by atoms with E-state index in [2.05, 4.69) is 36.6 Å². The van der Waals surface area contributed by atoms with E-state index in [1.54, 1.807) is 13.2 Å². The molecule has 0 spiro atoms. The Morgan fingerprint density at radius 2 is 1.82 bits per heavy atom. The average Bonchev–Trinajstić information content (AvgIpc) is 3.31. The minimum atomic E-state index is -0.128. The minimum absolute atomic E-state index is 0.128. The van der Waals surface area contributed by atoms with Crippen LogP contribution in [0.4, 0.5) is 0 Å². The molecule has 8 nitrogen and oxygen atoms in total. The highest BCUT2D eigenvalue weighted by Crippen LogP contribution is 2.31. The number of nitrogens with zero attached hydrogens (tertiary/aromatic N) is 5. The number of aromatic nitrogens is 5. The molecule has 0 aliphatic carbocycles. The first-order valence-electron chi connectivity index (χ1n) is 11.6. The van der Waals surface area contributed by atoms with Crippen molar-refractivity contribution in [3.63, 3.8) is 0 Å². The molecule has 1 unspecified atom stereocenters. The van der Waals surface area contributed by atoms with Crippen molar-refractivity contribution in [2.24, 2.45) is 0 Å². The molecule has 1 fully saturated rings. The number of piperidine rings is 1. The minimum Gasteiger partial charge on any atom is -0.497 e. The van der Waals surface area contributed by atoms with Crippen LogP contribution in [0.3, 0.4) is 0 Å². The molecule has 0 radical (unpaired) electrons. The molecule has 34 heavy (non-hydrogen) atoms. The quantitative estimate of drug-likeness (QED) is 0.397. The number of rotatable bonds is 7. The van der Waals surface area contributed by atoms with E-state index in [-0.39, 0.29) is 11.6 Å². The predicted molar refractivity (Wildman–Crippen MR) is 134 cm³/mol. The summed E-state index contributed by atoms with van der Waals surface area (Å²) in [5, 5.41) is 10.5. The summed E-state index contributed by atoms with van der Waals surface area (Å²) < 4.78 is 7.46. The predicted octanol–water partition coefficient (Wildman–Crippen LogP) is 4.35. The van der Waals surface area contributed by atoms with Crippen LogP contribution < -0.4 is 10.3 Å². The summed E-state index contributed by atoms with van der Waals surface area (Å²) in [5.74, 6) is 2.81. The van der Waals surface area contributed by atoms with Crippen LogP contribution in [0.5, 0.6) is 5.75 Å². The van der Waals surface area contributed by atoms with Gasteiger partial charge in [0, 0.05) is 5.69 Å². The van der Waals surface area contributed by atoms with Crippen molar-refractivity contribution in [2.45, 2.75) is 43.1 Å². The molecule has 1 atom stereocenters. The number of H-pyrrole nitrogens is 1. The number of ether oxygens (including phenoxy) is 1. The van der Waals surface area contributed by atoms with Crippen LogP contribution in [0.2, 0.25) is 0 Å². The van der Waals surface area contributed by atoms with Gasteiger partial charge < -0.3 is 9.72 Å². The molecule has 3 heterocycles. The van der Waals surface area contributed by atoms with Crippen LogP contribution >= 0.6 is 11.8 Å². The van der Waals surface area contributed by atoms with Crippen molar-refractivity contribution in [3.05, 3.63) is 70.5 Å². The standard InChI is InChI=1S/C25H28N6O2S/c1-17(30-14-6-3-7-15-30)23-28-29-25(31(23)18-10-12-19(33-2)13-11-18)34-16-22-26-21-9-5-4-8-20(21)24(32)27-22/h4-5,8-13,17H,3,6-7,14-16H2,1-2H3,(H,26,27,32). The summed E-state index contributed by atoms with van der Waals surface area (Å²) >= 11 is 1.51. The number of hydrogen-bond acceptors (Lipinski definition) is 7. The third-order valence-corrected chi connectivity index (χ3v) is 7.24. The summed E-state index contributed by atoms with van der Waals surface area (Å²) in [4.78, 5) is 22.5. The van der Waals surface area contributed by atoms with Crippen LogP contribution in [-0.4, -0.2) is 49.8 Å². The zero-order chi connectivity index (χ0) is 23.5. The topological polar surface area (TPSA) is 88.9 Å². The van der Waals surface area contributed by atoms with Gasteiger partial charge in [0.25, 0.3) is 5.56 Å². The molecule has 0 bridgehead atoms. The second-order valence-corrected chi connectivity index (χ2v) is 9.41. The number of thioether (sulfide) groups is 1. The van der Waals surface area contributed by atoms with Gasteiger partial charge in [-0.2, -0.15) is 0 Å². The first kappa shape index (κ1) is 22.6. The Morgan fingerprint density at radius 3 is 2.59 bits per heavy atom. The number of nitrogens with one attached hydrogen (secondary N) is 1. The number of likely N-dealkylation sites (tertiary alicyclic amines) is 1. The lowest BCUT2D eigenvalue weighted by atomic mass is 10.1. The van der Waals surface area contributed by atoms with Crippen molar-refractivity contribution < 1.29 is 4.74 Å². The molecule has 0 amide bonds. The van der Waals surface area contributed by atoms with Gasteiger partial charge in [-0.3, -0.25) is 14.3 Å². The molecule has 1 saturated heterocycles. The van der Waals surface area contributed by atoms with Crippen LogP contribution in [0.15, 0.2) is 58.5 Å². The third-order valence-electron chi connectivity index (χ3n) is 6.30. The number of para-hydroxylation sites is 1. The van der Waals surface area contributed by atoms with E-state index in [1.807, 2.05) is 42.5 Å². The SMILES string of the molecule is COc1ccc(-n2c(SCc3nc4ccccc4c(=O)[nH]3)nnc2C(C)N2CCCCC2)cc1. The van der Waals surface area contributed by atoms with Crippen molar-refractivity contribution in [1.29, 1.82) is 0 Å². The molecule has 0 saturated carbocycles. The fourth-order valence-electron chi connectivity index (χ4n) is 4.42. The lowest BCUT2D eigenvalue weighted by Gasteiger charge is -2.31. The molecule has 9 heteroatoms. The Hall–Kier alpha value is -3.17. The van der Waals surface area contributed by atoms with Gasteiger partial charge in [-0.15, -0.1) is 10.2 Å². The fraction of sp³-hybridized carbons (Fsp3) is 0.360. The van der Waals surface area contributed by atoms with Gasteiger partial charge in [-0.05, 0) is 69.3 Å². The molecule has 1 aliphatic rings. The average molecular weight is 477 g/mol. The number of benzene rings is 2. The van der Waals surface area contributed by atoms with Crippen LogP contribution in [0.25, 0.3) is 16.6 Å². The fourth-order valence-corrected chi connectivity index (χ4v) is 5.25. The summed E-state index contributed by atoms with van der Waals surface area (Å²) in [6, 6.07) is 15.5. The highest BCUT2D eigenvalue weighted by molar-refractivity contribution is 7.98. The maximum Gasteiger partial charge on any atom is 0.258 e. The van der Waals surface area contributed by atoms with Crippen molar-refractivity contribution in [2.75, 3.05) is 20.2 Å². The van der Waals surface area contributed by atoms with Crippen LogP contribution in [-0.2, 0) is 5.75 Å². The Labute approximate surface area is 202 Å². The second kappa shape index (κ2) is 9.99. The maximum absolute atomic E-state index is 12.5. The van der Waals surface area contributed by atoms with Gasteiger partial charge in [0.05, 0.1) is 29.8 Å². The smallest absolute Gasteiger partial charge is 0.258 e. The van der Waals surface area contributed by atoms with Crippen LogP contribution in [0, 0.1) is 0 Å². The molecule has 2 aromatic heterocycles. The molecule has 2 aromatic carbocycles. The zero-order valence-corrected chi connectivity index (χ0v) is 20.2. The first-order chi connectivity index (χ1) is 16.6. The zero-order valence-electron chi connectivity index (χ0n) is 19.4. The van der Waals surface area contributed by atoms with E-state index in [0.717, 1.165) is 35.5 Å². The van der Waals surface area contributed by atoms with Gasteiger partial charge >= 0.3 is 0 Å². The van der Waals surface area contributed by atoms with E-state index in [4.69, 9.17) is 4.74 Å². The normalized spacial score (nSPS) is 15.5. The summed E-state index contributed by atoms with van der Waals surface area (Å²) in [5.41, 5.74) is 1.54. The highest BCUT2D eigenvalue weighted by Gasteiger charge is 2.25. The molecule has 1 N–H and O–H groups in total. The van der Waals surface area contributed by atoms with Gasteiger partial charge in [-0.1, -0.05) is 30.3 Å². The highest BCUT2D eigenvalue weighted by atomic mass is 32.2. The van der Waals surface area contributed by atoms with Gasteiger partial charge in [0.1, 0.15) is 11.6 Å². The van der Waals surface area contributed by atoms with E-state index in [0.29, 0.717) is 22.5 Å². The van der Waals surface area contributed by atoms with Crippen molar-refractivity contribution in [3.8, 4) is 11.4 Å². The summed E-state index contributed by atoms with van der Waals surface area (Å²) in [7, 11) is 1.66. The van der Waals surface area contributed by atoms with Crippen molar-refractivity contribution >= 4 is 22.7 Å². The number of hydrogen-bond donors (Lipinski definition) is 1. The van der Waals surface area contributed by atoms with Gasteiger partial charge in [0.15, 0.2) is 11.0 Å². The number of fused-ring (bicyclic) bond motifs is 1. The summed E-state index contributed by atoms with van der Waals surface area (Å²) in [6.07, 6.45) is 3.71. The molecule has 5 rings (SSSR count). The lowest BCUT2D eigenvalue weighted by molar-refractivity contribution is 0.167. The van der Waals surface area contributed by atoms with E-state index >= 15 is 0 Å². The van der Waals surface area contributed by atoms with Gasteiger partial charge in [0.2, 0.25) is 0 Å². The first-order valence-corrected chi connectivity index (χ1v) is 12.6. The van der Waals surface area contributed by atoms with E-state index in [9.17, 15) is 4.79 Å². The third kappa shape index (κ3) is 4.58. The molecular weight excluding hydrogens is 448 g/mol. The Kier molecular flexibility index (Phi) is 6.64. The monoisotopic (exact) mass is 476 g/mol. The largest absolute Gasteiger partial charge is 0.497 e. The van der Waals surface area contributed by atoms with Gasteiger partial charge in [-0.25, -0.2) is 4.98 Å². The number of methoxy groups -OCH3 is 1. The lowest BCUT2D eigenvalue weighted by Crippen LogP contribution is -2.33. The molecule has 4 aromatic rings. The maximum atomic E-state index is 12.5. The van der Waals surface area contributed by atoms with E-state index < -0.39 is 0 Å². The second-order valence-electron chi connectivity index (χ2n) is 8.47.